The van der Waals surface area contributed by atoms with Crippen molar-refractivity contribution in [3.8, 4) is 5.75 Å². The Morgan fingerprint density at radius 1 is 1.17 bits per heavy atom. The van der Waals surface area contributed by atoms with Crippen LogP contribution in [-0.4, -0.2) is 21.0 Å². The minimum absolute atomic E-state index is 0.0233. The fraction of sp³-hybridized carbons (Fsp3) is 0.188. The van der Waals surface area contributed by atoms with Gasteiger partial charge in [0.25, 0.3) is 10.0 Å². The molecule has 0 atom stereocenters. The van der Waals surface area contributed by atoms with E-state index >= 15 is 0 Å². The minimum atomic E-state index is -3.77. The van der Waals surface area contributed by atoms with E-state index in [0.717, 1.165) is 0 Å². The number of benzene rings is 2. The number of aryl methyl sites for hydroxylation is 1. The van der Waals surface area contributed by atoms with Gasteiger partial charge in [0.1, 0.15) is 5.75 Å². The first-order valence-corrected chi connectivity index (χ1v) is 8.39. The smallest absolute Gasteiger partial charge is 0.261 e. The van der Waals surface area contributed by atoms with Crippen LogP contribution in [0.1, 0.15) is 22.8 Å². The van der Waals surface area contributed by atoms with Gasteiger partial charge in [0.15, 0.2) is 0 Å². The van der Waals surface area contributed by atoms with Gasteiger partial charge in [-0.2, -0.15) is 0 Å². The maximum absolute atomic E-state index is 12.4. The fourth-order valence-electron chi connectivity index (χ4n) is 1.99. The van der Waals surface area contributed by atoms with Gasteiger partial charge in [0.05, 0.1) is 17.5 Å². The van der Waals surface area contributed by atoms with Crippen LogP contribution >= 0.6 is 0 Å². The molecule has 122 valence electrons. The van der Waals surface area contributed by atoms with Crippen molar-refractivity contribution in [2.24, 2.45) is 0 Å². The molecule has 0 radical (unpaired) electrons. The summed E-state index contributed by atoms with van der Waals surface area (Å²) in [6.07, 6.45) is 0. The van der Waals surface area contributed by atoms with Crippen LogP contribution in [0.5, 0.6) is 5.75 Å². The van der Waals surface area contributed by atoms with Crippen molar-refractivity contribution >= 4 is 21.7 Å². The summed E-state index contributed by atoms with van der Waals surface area (Å²) in [4.78, 5) is 10.8. The van der Waals surface area contributed by atoms with Crippen LogP contribution in [0.15, 0.2) is 47.4 Å². The number of aromatic carboxylic acids is 1. The summed E-state index contributed by atoms with van der Waals surface area (Å²) in [7, 11) is -3.77. The van der Waals surface area contributed by atoms with Crippen LogP contribution in [0.25, 0.3) is 0 Å². The van der Waals surface area contributed by atoms with Gasteiger partial charge in [0, 0.05) is 5.69 Å². The lowest BCUT2D eigenvalue weighted by Crippen LogP contribution is -2.22. The second-order valence-electron chi connectivity index (χ2n) is 4.83. The van der Waals surface area contributed by atoms with Gasteiger partial charge >= 0.3 is 0 Å². The van der Waals surface area contributed by atoms with Gasteiger partial charge in [0.2, 0.25) is 0 Å². The minimum Gasteiger partial charge on any atom is -0.545 e. The molecule has 0 fully saturated rings. The van der Waals surface area contributed by atoms with E-state index in [1.807, 2.05) is 6.92 Å². The Bertz CT molecular complexity index is 813. The normalized spacial score (nSPS) is 11.0. The second-order valence-corrected chi connectivity index (χ2v) is 6.51. The average Bonchev–Trinajstić information content (AvgIpc) is 2.49. The van der Waals surface area contributed by atoms with Crippen LogP contribution in [0, 0.1) is 6.92 Å². The van der Waals surface area contributed by atoms with Crippen LogP contribution in [0.2, 0.25) is 0 Å². The maximum atomic E-state index is 12.4. The molecule has 2 rings (SSSR count). The Balaban J connectivity index is 2.24. The zero-order valence-corrected chi connectivity index (χ0v) is 13.5. The quantitative estimate of drug-likeness (QED) is 0.865. The fourth-order valence-corrected chi connectivity index (χ4v) is 3.14. The molecule has 0 amide bonds. The molecule has 2 aromatic rings. The molecule has 0 aliphatic rings. The largest absolute Gasteiger partial charge is 0.545 e. The molecule has 23 heavy (non-hydrogen) atoms. The third kappa shape index (κ3) is 4.01. The topological polar surface area (TPSA) is 95.5 Å². The zero-order chi connectivity index (χ0) is 17.0. The SMILES string of the molecule is CCOc1ccc(S(=O)(=O)Nc2ccc(C(=O)[O-])cc2)cc1C. The Kier molecular flexibility index (Phi) is 4.90. The van der Waals surface area contributed by atoms with Gasteiger partial charge in [-0.1, -0.05) is 12.1 Å². The Hall–Kier alpha value is -2.54. The number of hydrogen-bond donors (Lipinski definition) is 1. The van der Waals surface area contributed by atoms with Crippen molar-refractivity contribution in [2.45, 2.75) is 18.7 Å². The number of carboxylic acids is 1. The summed E-state index contributed by atoms with van der Waals surface area (Å²) in [6.45, 7) is 4.11. The van der Waals surface area contributed by atoms with E-state index in [-0.39, 0.29) is 16.1 Å². The predicted octanol–water partition coefficient (Wildman–Crippen LogP) is 1.56. The summed E-state index contributed by atoms with van der Waals surface area (Å²) < 4.78 is 32.5. The molecule has 0 spiro atoms. The number of ether oxygens (including phenoxy) is 1. The van der Waals surface area contributed by atoms with Gasteiger partial charge in [-0.3, -0.25) is 4.72 Å². The molecule has 0 aliphatic heterocycles. The van der Waals surface area contributed by atoms with E-state index in [1.165, 1.54) is 36.4 Å². The summed E-state index contributed by atoms with van der Waals surface area (Å²) >= 11 is 0. The Morgan fingerprint density at radius 3 is 2.35 bits per heavy atom. The maximum Gasteiger partial charge on any atom is 0.261 e. The molecule has 0 heterocycles. The van der Waals surface area contributed by atoms with Gasteiger partial charge in [-0.15, -0.1) is 0 Å². The molecular formula is C16H16NO5S-. The van der Waals surface area contributed by atoms with E-state index < -0.39 is 16.0 Å². The van der Waals surface area contributed by atoms with E-state index in [4.69, 9.17) is 4.74 Å². The number of hydrogen-bond acceptors (Lipinski definition) is 5. The molecule has 0 aromatic heterocycles. The number of anilines is 1. The second kappa shape index (κ2) is 6.70. The van der Waals surface area contributed by atoms with Crippen LogP contribution in [-0.2, 0) is 10.0 Å². The van der Waals surface area contributed by atoms with E-state index in [9.17, 15) is 18.3 Å². The molecule has 0 unspecified atom stereocenters. The molecule has 7 heteroatoms. The number of sulfonamides is 1. The molecule has 0 aliphatic carbocycles. The lowest BCUT2D eigenvalue weighted by atomic mass is 10.2. The highest BCUT2D eigenvalue weighted by Gasteiger charge is 2.15. The highest BCUT2D eigenvalue weighted by Crippen LogP contribution is 2.23. The first-order valence-electron chi connectivity index (χ1n) is 6.91. The third-order valence-electron chi connectivity index (χ3n) is 3.13. The molecule has 2 aromatic carbocycles. The summed E-state index contributed by atoms with van der Waals surface area (Å²) in [5.74, 6) is -0.689. The van der Waals surface area contributed by atoms with Crippen molar-refractivity contribution in [1.29, 1.82) is 0 Å². The molecule has 0 bridgehead atoms. The van der Waals surface area contributed by atoms with Crippen LogP contribution in [0.3, 0.4) is 0 Å². The van der Waals surface area contributed by atoms with Crippen molar-refractivity contribution in [2.75, 3.05) is 11.3 Å². The number of rotatable bonds is 6. The van der Waals surface area contributed by atoms with Crippen molar-refractivity contribution < 1.29 is 23.1 Å². The number of carbonyl (C=O) groups is 1. The monoisotopic (exact) mass is 334 g/mol. The molecule has 0 saturated carbocycles. The van der Waals surface area contributed by atoms with Crippen LogP contribution in [0.4, 0.5) is 5.69 Å². The van der Waals surface area contributed by atoms with Crippen molar-refractivity contribution in [1.82, 2.24) is 0 Å². The van der Waals surface area contributed by atoms with Gasteiger partial charge in [-0.25, -0.2) is 8.42 Å². The van der Waals surface area contributed by atoms with Gasteiger partial charge in [-0.05, 0) is 55.3 Å². The summed E-state index contributed by atoms with van der Waals surface area (Å²) in [5, 5.41) is 10.7. The summed E-state index contributed by atoms with van der Waals surface area (Å²) in [5.41, 5.74) is 0.952. The first kappa shape index (κ1) is 16.8. The lowest BCUT2D eigenvalue weighted by molar-refractivity contribution is -0.255. The standard InChI is InChI=1S/C16H17NO5S/c1-3-22-15-9-8-14(10-11(15)2)23(20,21)17-13-6-4-12(5-7-13)16(18)19/h4-10,17H,3H2,1-2H3,(H,18,19)/p-1. The summed E-state index contributed by atoms with van der Waals surface area (Å²) in [6, 6.07) is 9.85. The Labute approximate surface area is 134 Å². The number of nitrogens with one attached hydrogen (secondary N) is 1. The number of carboxylic acid groups (broad SMARTS) is 1. The van der Waals surface area contributed by atoms with Gasteiger partial charge < -0.3 is 14.6 Å². The van der Waals surface area contributed by atoms with E-state index in [0.29, 0.717) is 17.9 Å². The predicted molar refractivity (Wildman–Crippen MR) is 83.9 cm³/mol. The van der Waals surface area contributed by atoms with E-state index in [1.54, 1.807) is 13.0 Å². The van der Waals surface area contributed by atoms with Crippen LogP contribution < -0.4 is 14.6 Å². The highest BCUT2D eigenvalue weighted by atomic mass is 32.2. The zero-order valence-electron chi connectivity index (χ0n) is 12.7. The van der Waals surface area contributed by atoms with Crippen molar-refractivity contribution in [3.05, 3.63) is 53.6 Å². The molecule has 0 saturated heterocycles. The number of carbonyl (C=O) groups excluding carboxylic acids is 1. The lowest BCUT2D eigenvalue weighted by Gasteiger charge is -2.12. The highest BCUT2D eigenvalue weighted by molar-refractivity contribution is 7.92. The molecular weight excluding hydrogens is 318 g/mol. The first-order chi connectivity index (χ1) is 10.8. The Morgan fingerprint density at radius 2 is 1.83 bits per heavy atom. The van der Waals surface area contributed by atoms with Crippen molar-refractivity contribution in [3.63, 3.8) is 0 Å². The third-order valence-corrected chi connectivity index (χ3v) is 4.51. The molecule has 1 N–H and O–H groups in total. The molecule has 6 nitrogen and oxygen atoms in total. The average molecular weight is 334 g/mol. The van der Waals surface area contributed by atoms with E-state index in [2.05, 4.69) is 4.72 Å².